The van der Waals surface area contributed by atoms with Crippen LogP contribution in [0.4, 0.5) is 0 Å². The van der Waals surface area contributed by atoms with Crippen LogP contribution in [0.15, 0.2) is 91.0 Å². The molecule has 2 saturated carbocycles. The Labute approximate surface area is 239 Å². The van der Waals surface area contributed by atoms with E-state index in [1.807, 2.05) is 54.6 Å². The molecule has 0 aromatic heterocycles. The fourth-order valence-electron chi connectivity index (χ4n) is 6.09. The first kappa shape index (κ1) is 27.1. The normalized spacial score (nSPS) is 29.8. The summed E-state index contributed by atoms with van der Waals surface area (Å²) in [5, 5.41) is 0. The summed E-state index contributed by atoms with van der Waals surface area (Å²) in [6.45, 7) is 1.45. The second kappa shape index (κ2) is 12.6. The van der Waals surface area contributed by atoms with Crippen LogP contribution in [-0.2, 0) is 43.5 Å². The first-order chi connectivity index (χ1) is 19.2. The zero-order chi connectivity index (χ0) is 26.5. The smallest absolute Gasteiger partial charge is 0.169 e. The fraction of sp³-hybridized carbons (Fsp3) is 0.455. The second-order valence-electron chi connectivity index (χ2n) is 10.9. The Bertz CT molecular complexity index is 1150. The molecule has 0 bridgehead atoms. The number of ether oxygens (including phenoxy) is 5. The van der Waals surface area contributed by atoms with E-state index < -0.39 is 5.79 Å². The zero-order valence-corrected chi connectivity index (χ0v) is 23.8. The number of rotatable bonds is 9. The minimum absolute atomic E-state index is 0.144. The highest BCUT2D eigenvalue weighted by Crippen LogP contribution is 2.48. The molecule has 0 unspecified atom stereocenters. The molecule has 1 saturated heterocycles. The molecule has 0 N–H and O–H groups in total. The van der Waals surface area contributed by atoms with Crippen molar-refractivity contribution in [1.82, 2.24) is 0 Å². The van der Waals surface area contributed by atoms with Crippen LogP contribution >= 0.6 is 15.9 Å². The van der Waals surface area contributed by atoms with Crippen molar-refractivity contribution in [1.29, 1.82) is 0 Å². The van der Waals surface area contributed by atoms with Gasteiger partial charge in [-0.2, -0.15) is 0 Å². The Morgan fingerprint density at radius 3 is 1.46 bits per heavy atom. The lowest BCUT2D eigenvalue weighted by Gasteiger charge is -2.45. The van der Waals surface area contributed by atoms with Gasteiger partial charge in [-0.05, 0) is 29.5 Å². The van der Waals surface area contributed by atoms with Crippen LogP contribution in [0.1, 0.15) is 48.8 Å². The highest BCUT2D eigenvalue weighted by atomic mass is 79.9. The van der Waals surface area contributed by atoms with Crippen LogP contribution in [0, 0.1) is 0 Å². The maximum absolute atomic E-state index is 6.88. The average molecular weight is 594 g/mol. The van der Waals surface area contributed by atoms with E-state index in [9.17, 15) is 0 Å². The number of fused-ring (bicyclic) bond motifs is 1. The van der Waals surface area contributed by atoms with Crippen LogP contribution in [0.3, 0.4) is 0 Å². The second-order valence-corrected chi connectivity index (χ2v) is 11.9. The molecule has 1 aliphatic heterocycles. The van der Waals surface area contributed by atoms with Crippen LogP contribution in [0.5, 0.6) is 0 Å². The monoisotopic (exact) mass is 592 g/mol. The predicted octanol–water partition coefficient (Wildman–Crippen LogP) is 6.96. The third kappa shape index (κ3) is 6.32. The predicted molar refractivity (Wildman–Crippen MR) is 153 cm³/mol. The average Bonchev–Trinajstić information content (AvgIpc) is 3.34. The maximum Gasteiger partial charge on any atom is 0.169 e. The molecule has 3 aromatic carbocycles. The molecule has 0 amide bonds. The van der Waals surface area contributed by atoms with E-state index in [4.69, 9.17) is 23.7 Å². The molecule has 3 aliphatic rings. The van der Waals surface area contributed by atoms with Crippen molar-refractivity contribution in [3.8, 4) is 0 Å². The molecule has 0 radical (unpaired) electrons. The summed E-state index contributed by atoms with van der Waals surface area (Å²) < 4.78 is 33.7. The first-order valence-corrected chi connectivity index (χ1v) is 15.1. The van der Waals surface area contributed by atoms with Gasteiger partial charge in [-0.3, -0.25) is 0 Å². The highest BCUT2D eigenvalue weighted by Gasteiger charge is 2.61. The molecule has 2 aliphatic carbocycles. The summed E-state index contributed by atoms with van der Waals surface area (Å²) in [5.74, 6) is -0.572. The quantitative estimate of drug-likeness (QED) is 0.251. The lowest BCUT2D eigenvalue weighted by atomic mass is 9.86. The molecule has 1 spiro atoms. The number of halogens is 1. The Morgan fingerprint density at radius 1 is 0.564 bits per heavy atom. The van der Waals surface area contributed by atoms with Crippen molar-refractivity contribution in [2.75, 3.05) is 0 Å². The molecule has 3 aromatic rings. The number of hydrogen-bond acceptors (Lipinski definition) is 5. The highest BCUT2D eigenvalue weighted by molar-refractivity contribution is 9.09. The van der Waals surface area contributed by atoms with E-state index in [0.29, 0.717) is 19.8 Å². The first-order valence-electron chi connectivity index (χ1n) is 14.2. The summed E-state index contributed by atoms with van der Waals surface area (Å²) in [6, 6.07) is 30.8. The van der Waals surface area contributed by atoms with Gasteiger partial charge in [0.25, 0.3) is 0 Å². The van der Waals surface area contributed by atoms with Gasteiger partial charge in [-0.15, -0.1) is 0 Å². The van der Waals surface area contributed by atoms with Crippen LogP contribution in [-0.4, -0.2) is 41.1 Å². The van der Waals surface area contributed by atoms with Crippen molar-refractivity contribution in [2.45, 2.75) is 93.1 Å². The van der Waals surface area contributed by atoms with E-state index in [1.54, 1.807) is 0 Å². The van der Waals surface area contributed by atoms with Gasteiger partial charge < -0.3 is 23.7 Å². The third-order valence-electron chi connectivity index (χ3n) is 8.10. The van der Waals surface area contributed by atoms with Crippen molar-refractivity contribution in [2.24, 2.45) is 0 Å². The molecule has 5 nitrogen and oxygen atoms in total. The van der Waals surface area contributed by atoms with Crippen molar-refractivity contribution < 1.29 is 23.7 Å². The van der Waals surface area contributed by atoms with E-state index in [0.717, 1.165) is 42.4 Å². The van der Waals surface area contributed by atoms with Gasteiger partial charge in [-0.1, -0.05) is 113 Å². The van der Waals surface area contributed by atoms with Crippen LogP contribution < -0.4 is 0 Å². The fourth-order valence-corrected chi connectivity index (χ4v) is 7.00. The molecule has 6 atom stereocenters. The zero-order valence-electron chi connectivity index (χ0n) is 22.2. The third-order valence-corrected chi connectivity index (χ3v) is 9.14. The molecule has 39 heavy (non-hydrogen) atoms. The van der Waals surface area contributed by atoms with Crippen molar-refractivity contribution in [3.63, 3.8) is 0 Å². The van der Waals surface area contributed by atoms with Gasteiger partial charge in [0.15, 0.2) is 5.79 Å². The SMILES string of the molecule is Br[C@H]1[C@@H](OCc2ccccc2)[C@H](OCc2ccccc2)[C@@H]2OC3(CCCCC3)O[C@@H]2[C@H]1OCc1ccccc1. The topological polar surface area (TPSA) is 46.2 Å². The molecule has 6 rings (SSSR count). The van der Waals surface area contributed by atoms with Gasteiger partial charge in [0.2, 0.25) is 0 Å². The van der Waals surface area contributed by atoms with E-state index in [1.165, 1.54) is 6.42 Å². The van der Waals surface area contributed by atoms with E-state index in [2.05, 4.69) is 52.3 Å². The maximum atomic E-state index is 6.88. The van der Waals surface area contributed by atoms with Crippen LogP contribution in [0.25, 0.3) is 0 Å². The summed E-state index contributed by atoms with van der Waals surface area (Å²) >= 11 is 4.02. The Hall–Kier alpha value is -2.06. The van der Waals surface area contributed by atoms with Gasteiger partial charge >= 0.3 is 0 Å². The van der Waals surface area contributed by atoms with Crippen molar-refractivity contribution in [3.05, 3.63) is 108 Å². The molecule has 1 heterocycles. The molecular weight excluding hydrogens is 556 g/mol. The number of benzene rings is 3. The van der Waals surface area contributed by atoms with E-state index in [-0.39, 0.29) is 35.3 Å². The minimum atomic E-state index is -0.572. The van der Waals surface area contributed by atoms with Crippen LogP contribution in [0.2, 0.25) is 0 Å². The molecule has 3 fully saturated rings. The van der Waals surface area contributed by atoms with E-state index >= 15 is 0 Å². The minimum Gasteiger partial charge on any atom is -0.369 e. The van der Waals surface area contributed by atoms with Gasteiger partial charge in [0, 0.05) is 12.8 Å². The van der Waals surface area contributed by atoms with Gasteiger partial charge in [-0.25, -0.2) is 0 Å². The molecule has 206 valence electrons. The summed E-state index contributed by atoms with van der Waals surface area (Å²) in [6.07, 6.45) is 3.82. The Kier molecular flexibility index (Phi) is 8.78. The summed E-state index contributed by atoms with van der Waals surface area (Å²) in [4.78, 5) is -0.144. The molecule has 6 heteroatoms. The lowest BCUT2D eigenvalue weighted by Crippen LogP contribution is -2.62. The van der Waals surface area contributed by atoms with Crippen molar-refractivity contribution >= 4 is 15.9 Å². The lowest BCUT2D eigenvalue weighted by molar-refractivity contribution is -0.208. The van der Waals surface area contributed by atoms with Gasteiger partial charge in [0.05, 0.1) is 24.6 Å². The Morgan fingerprint density at radius 2 is 0.974 bits per heavy atom. The number of hydrogen-bond donors (Lipinski definition) is 0. The van der Waals surface area contributed by atoms with Gasteiger partial charge in [0.1, 0.15) is 30.5 Å². The standard InChI is InChI=1S/C33H37BrO5/c34-27-28(35-21-24-13-5-1-6-14-24)30(37-23-26-17-9-3-10-18-26)32-31(38-33(39-32)19-11-4-12-20-33)29(27)36-22-25-15-7-2-8-16-25/h1-3,5-10,13-18,27-32H,4,11-12,19-23H2/t27-,28+,29-,30-,31+,32-/m0/s1. The largest absolute Gasteiger partial charge is 0.369 e. The summed E-state index contributed by atoms with van der Waals surface area (Å²) in [5.41, 5.74) is 3.37. The summed E-state index contributed by atoms with van der Waals surface area (Å²) in [7, 11) is 0. The number of alkyl halides is 1. The molecular formula is C33H37BrO5. The Balaban J connectivity index is 1.29.